The van der Waals surface area contributed by atoms with Gasteiger partial charge in [0.1, 0.15) is 0 Å². The van der Waals surface area contributed by atoms with Gasteiger partial charge in [0.15, 0.2) is 5.78 Å². The van der Waals surface area contributed by atoms with Crippen molar-refractivity contribution in [1.82, 2.24) is 0 Å². The van der Waals surface area contributed by atoms with Gasteiger partial charge in [-0.2, -0.15) is 0 Å². The highest BCUT2D eigenvalue weighted by Gasteiger charge is 2.09. The van der Waals surface area contributed by atoms with Gasteiger partial charge in [-0.25, -0.2) is 0 Å². The summed E-state index contributed by atoms with van der Waals surface area (Å²) < 4.78 is 5.68. The predicted octanol–water partition coefficient (Wildman–Crippen LogP) is 4.15. The standard InChI is InChI=1S/C15H19BrO3/c1-2-19-15(18)11-5-3-4-10-14(17)12-8-6-7-9-13(12)16/h6-9H,2-5,10-11H2,1H3. The fourth-order valence-corrected chi connectivity index (χ4v) is 2.29. The molecule has 0 aliphatic carbocycles. The molecule has 104 valence electrons. The van der Waals surface area contributed by atoms with E-state index in [0.717, 1.165) is 29.3 Å². The van der Waals surface area contributed by atoms with Gasteiger partial charge in [-0.3, -0.25) is 9.59 Å². The molecular formula is C15H19BrO3. The van der Waals surface area contributed by atoms with Crippen LogP contribution in [0, 0.1) is 0 Å². The first-order valence-corrected chi connectivity index (χ1v) is 7.37. The molecule has 4 heteroatoms. The zero-order valence-corrected chi connectivity index (χ0v) is 12.7. The lowest BCUT2D eigenvalue weighted by molar-refractivity contribution is -0.143. The molecule has 0 heterocycles. The van der Waals surface area contributed by atoms with Gasteiger partial charge in [-0.05, 0) is 25.8 Å². The van der Waals surface area contributed by atoms with Crippen LogP contribution in [-0.4, -0.2) is 18.4 Å². The Labute approximate surface area is 122 Å². The number of Topliss-reactive ketones (excluding diaryl/α,β-unsaturated/α-hetero) is 1. The first-order chi connectivity index (χ1) is 9.15. The second kappa shape index (κ2) is 8.86. The van der Waals surface area contributed by atoms with Gasteiger partial charge in [0, 0.05) is 22.9 Å². The largest absolute Gasteiger partial charge is 0.466 e. The molecule has 19 heavy (non-hydrogen) atoms. The maximum Gasteiger partial charge on any atom is 0.305 e. The Morgan fingerprint density at radius 2 is 1.79 bits per heavy atom. The van der Waals surface area contributed by atoms with Crippen LogP contribution < -0.4 is 0 Å². The molecule has 3 nitrogen and oxygen atoms in total. The number of hydrogen-bond acceptors (Lipinski definition) is 3. The number of unbranched alkanes of at least 4 members (excludes halogenated alkanes) is 2. The Kier molecular flexibility index (Phi) is 7.41. The maximum atomic E-state index is 11.9. The second-order valence-corrected chi connectivity index (χ2v) is 5.12. The van der Waals surface area contributed by atoms with Gasteiger partial charge >= 0.3 is 5.97 Å². The number of ketones is 1. The summed E-state index contributed by atoms with van der Waals surface area (Å²) in [5, 5.41) is 0. The number of benzene rings is 1. The topological polar surface area (TPSA) is 43.4 Å². The summed E-state index contributed by atoms with van der Waals surface area (Å²) >= 11 is 3.37. The summed E-state index contributed by atoms with van der Waals surface area (Å²) in [5.41, 5.74) is 0.730. The third-order valence-electron chi connectivity index (χ3n) is 2.76. The van der Waals surface area contributed by atoms with E-state index in [9.17, 15) is 9.59 Å². The van der Waals surface area contributed by atoms with Gasteiger partial charge in [-0.15, -0.1) is 0 Å². The van der Waals surface area contributed by atoms with E-state index in [1.807, 2.05) is 24.3 Å². The number of esters is 1. The number of carbonyl (C=O) groups excluding carboxylic acids is 2. The highest BCUT2D eigenvalue weighted by molar-refractivity contribution is 9.10. The zero-order valence-electron chi connectivity index (χ0n) is 11.2. The third kappa shape index (κ3) is 6.01. The molecule has 0 bridgehead atoms. The highest BCUT2D eigenvalue weighted by Crippen LogP contribution is 2.18. The van der Waals surface area contributed by atoms with Crippen LogP contribution in [0.4, 0.5) is 0 Å². The summed E-state index contributed by atoms with van der Waals surface area (Å²) in [7, 11) is 0. The number of ether oxygens (including phenoxy) is 1. The Morgan fingerprint density at radius 1 is 1.11 bits per heavy atom. The number of hydrogen-bond donors (Lipinski definition) is 0. The number of carbonyl (C=O) groups is 2. The maximum absolute atomic E-state index is 11.9. The average molecular weight is 327 g/mol. The normalized spacial score (nSPS) is 10.2. The molecule has 0 spiro atoms. The van der Waals surface area contributed by atoms with Crippen LogP contribution in [0.5, 0.6) is 0 Å². The summed E-state index contributed by atoms with van der Waals surface area (Å²) in [6.45, 7) is 2.23. The van der Waals surface area contributed by atoms with Crippen molar-refractivity contribution in [3.05, 3.63) is 34.3 Å². The summed E-state index contributed by atoms with van der Waals surface area (Å²) in [5.74, 6) is -0.0109. The molecule has 1 aromatic carbocycles. The van der Waals surface area contributed by atoms with Crippen LogP contribution in [0.1, 0.15) is 49.4 Å². The molecule has 0 amide bonds. The summed E-state index contributed by atoms with van der Waals surface area (Å²) in [4.78, 5) is 23.1. The van der Waals surface area contributed by atoms with Gasteiger partial charge in [0.2, 0.25) is 0 Å². The molecular weight excluding hydrogens is 308 g/mol. The fourth-order valence-electron chi connectivity index (χ4n) is 1.79. The molecule has 0 unspecified atom stereocenters. The zero-order chi connectivity index (χ0) is 14.1. The van der Waals surface area contributed by atoms with Crippen molar-refractivity contribution in [2.24, 2.45) is 0 Å². The van der Waals surface area contributed by atoms with E-state index < -0.39 is 0 Å². The molecule has 0 saturated carbocycles. The number of rotatable bonds is 8. The van der Waals surface area contributed by atoms with Crippen molar-refractivity contribution in [3.8, 4) is 0 Å². The van der Waals surface area contributed by atoms with E-state index in [1.165, 1.54) is 0 Å². The second-order valence-electron chi connectivity index (χ2n) is 4.27. The lowest BCUT2D eigenvalue weighted by Crippen LogP contribution is -2.04. The Balaban J connectivity index is 2.21. The van der Waals surface area contributed by atoms with Gasteiger partial charge in [-0.1, -0.05) is 40.5 Å². The highest BCUT2D eigenvalue weighted by atomic mass is 79.9. The van der Waals surface area contributed by atoms with Crippen molar-refractivity contribution in [2.75, 3.05) is 6.61 Å². The molecule has 1 aromatic rings. The average Bonchev–Trinajstić information content (AvgIpc) is 2.39. The summed E-state index contributed by atoms with van der Waals surface area (Å²) in [6, 6.07) is 7.44. The van der Waals surface area contributed by atoms with Crippen LogP contribution in [0.3, 0.4) is 0 Å². The minimum Gasteiger partial charge on any atom is -0.466 e. The van der Waals surface area contributed by atoms with Crippen LogP contribution in [0.25, 0.3) is 0 Å². The van der Waals surface area contributed by atoms with E-state index in [0.29, 0.717) is 19.4 Å². The van der Waals surface area contributed by atoms with Crippen LogP contribution in [-0.2, 0) is 9.53 Å². The minimum absolute atomic E-state index is 0.142. The molecule has 0 radical (unpaired) electrons. The van der Waals surface area contributed by atoms with Gasteiger partial charge < -0.3 is 4.74 Å². The quantitative estimate of drug-likeness (QED) is 0.409. The van der Waals surface area contributed by atoms with Crippen molar-refractivity contribution in [1.29, 1.82) is 0 Å². The molecule has 0 N–H and O–H groups in total. The third-order valence-corrected chi connectivity index (χ3v) is 3.46. The van der Waals surface area contributed by atoms with Crippen molar-refractivity contribution >= 4 is 27.7 Å². The van der Waals surface area contributed by atoms with E-state index in [4.69, 9.17) is 4.74 Å². The molecule has 0 aliphatic heterocycles. The van der Waals surface area contributed by atoms with Gasteiger partial charge in [0.25, 0.3) is 0 Å². The molecule has 1 rings (SSSR count). The molecule has 0 atom stereocenters. The van der Waals surface area contributed by atoms with Gasteiger partial charge in [0.05, 0.1) is 6.61 Å². The van der Waals surface area contributed by atoms with E-state index in [1.54, 1.807) is 6.92 Å². The van der Waals surface area contributed by atoms with E-state index in [2.05, 4.69) is 15.9 Å². The first kappa shape index (κ1) is 15.9. The lowest BCUT2D eigenvalue weighted by atomic mass is 10.0. The molecule has 0 aromatic heterocycles. The molecule has 0 aliphatic rings. The summed E-state index contributed by atoms with van der Waals surface area (Å²) in [6.07, 6.45) is 3.42. The number of halogens is 1. The molecule has 0 saturated heterocycles. The van der Waals surface area contributed by atoms with Crippen molar-refractivity contribution in [2.45, 2.75) is 39.0 Å². The first-order valence-electron chi connectivity index (χ1n) is 6.58. The Hall–Kier alpha value is -1.16. The van der Waals surface area contributed by atoms with Crippen LogP contribution in [0.2, 0.25) is 0 Å². The molecule has 0 fully saturated rings. The SMILES string of the molecule is CCOC(=O)CCCCCC(=O)c1ccccc1Br. The fraction of sp³-hybridized carbons (Fsp3) is 0.467. The minimum atomic E-state index is -0.153. The van der Waals surface area contributed by atoms with Crippen molar-refractivity contribution in [3.63, 3.8) is 0 Å². The van der Waals surface area contributed by atoms with Crippen molar-refractivity contribution < 1.29 is 14.3 Å². The smallest absolute Gasteiger partial charge is 0.305 e. The van der Waals surface area contributed by atoms with E-state index in [-0.39, 0.29) is 11.8 Å². The Bertz CT molecular complexity index is 429. The van der Waals surface area contributed by atoms with E-state index >= 15 is 0 Å². The van der Waals surface area contributed by atoms with Crippen LogP contribution in [0.15, 0.2) is 28.7 Å². The monoisotopic (exact) mass is 326 g/mol. The lowest BCUT2D eigenvalue weighted by Gasteiger charge is -2.04. The van der Waals surface area contributed by atoms with Crippen LogP contribution >= 0.6 is 15.9 Å². The predicted molar refractivity (Wildman–Crippen MR) is 78.2 cm³/mol. The Morgan fingerprint density at radius 3 is 2.47 bits per heavy atom.